The number of nitrogens with zero attached hydrogens (tertiary/aromatic N) is 4. The van der Waals surface area contributed by atoms with Crippen molar-refractivity contribution in [2.75, 3.05) is 0 Å². The van der Waals surface area contributed by atoms with Gasteiger partial charge >= 0.3 is 0 Å². The van der Waals surface area contributed by atoms with Crippen LogP contribution in [-0.4, -0.2) is 19.1 Å². The van der Waals surface area contributed by atoms with Crippen molar-refractivity contribution in [3.63, 3.8) is 0 Å². The minimum absolute atomic E-state index is 0.692. The molecule has 0 unspecified atom stereocenters. The lowest BCUT2D eigenvalue weighted by atomic mass is 10.0. The first-order valence-corrected chi connectivity index (χ1v) is 19.0. The van der Waals surface area contributed by atoms with Crippen LogP contribution < -0.4 is 0 Å². The van der Waals surface area contributed by atoms with Gasteiger partial charge in [-0.25, -0.2) is 9.97 Å². The Morgan fingerprint density at radius 3 is 1.62 bits per heavy atom. The fourth-order valence-corrected chi connectivity index (χ4v) is 8.39. The summed E-state index contributed by atoms with van der Waals surface area (Å²) in [6.07, 6.45) is 0. The van der Waals surface area contributed by atoms with Crippen LogP contribution in [0, 0.1) is 0 Å². The molecule has 0 atom stereocenters. The van der Waals surface area contributed by atoms with E-state index in [1.54, 1.807) is 0 Å². The van der Waals surface area contributed by atoms with Crippen LogP contribution in [0.3, 0.4) is 0 Å². The minimum Gasteiger partial charge on any atom is -0.309 e. The number of aromatic nitrogens is 4. The van der Waals surface area contributed by atoms with Gasteiger partial charge < -0.3 is 9.13 Å². The van der Waals surface area contributed by atoms with Crippen LogP contribution in [0.4, 0.5) is 0 Å². The molecule has 0 radical (unpaired) electrons. The predicted octanol–water partition coefficient (Wildman–Crippen LogP) is 13.3. The van der Waals surface area contributed by atoms with Crippen molar-refractivity contribution >= 4 is 43.6 Å². The van der Waals surface area contributed by atoms with Crippen molar-refractivity contribution < 1.29 is 0 Å². The number of fused-ring (bicyclic) bond motifs is 7. The summed E-state index contributed by atoms with van der Waals surface area (Å²) in [4.78, 5) is 10.4. The third-order valence-corrected chi connectivity index (χ3v) is 10.9. The normalized spacial score (nSPS) is 11.6. The molecule has 0 spiro atoms. The highest BCUT2D eigenvalue weighted by Gasteiger charge is 2.21. The van der Waals surface area contributed by atoms with Gasteiger partial charge in [-0.1, -0.05) is 152 Å². The Morgan fingerprint density at radius 2 is 0.857 bits per heavy atom. The fraction of sp³-hybridized carbons (Fsp3) is 0. The average molecular weight is 715 g/mol. The third kappa shape index (κ3) is 5.23. The zero-order valence-corrected chi connectivity index (χ0v) is 30.4. The van der Waals surface area contributed by atoms with E-state index in [4.69, 9.17) is 9.97 Å². The second-order valence-corrected chi connectivity index (χ2v) is 14.2. The van der Waals surface area contributed by atoms with Crippen LogP contribution in [0.15, 0.2) is 206 Å². The molecule has 3 aromatic heterocycles. The van der Waals surface area contributed by atoms with Gasteiger partial charge in [-0.15, -0.1) is 0 Å². The Balaban J connectivity index is 1.15. The van der Waals surface area contributed by atoms with Gasteiger partial charge in [0, 0.05) is 49.6 Å². The first kappa shape index (κ1) is 31.9. The molecule has 0 saturated heterocycles. The molecule has 3 heterocycles. The van der Waals surface area contributed by atoms with Gasteiger partial charge in [0.05, 0.1) is 33.5 Å². The van der Waals surface area contributed by atoms with Crippen molar-refractivity contribution in [2.45, 2.75) is 0 Å². The smallest absolute Gasteiger partial charge is 0.160 e. The summed E-state index contributed by atoms with van der Waals surface area (Å²) in [6, 6.07) is 73.1. The van der Waals surface area contributed by atoms with Crippen LogP contribution in [0.2, 0.25) is 0 Å². The molecule has 0 fully saturated rings. The Morgan fingerprint density at radius 1 is 0.304 bits per heavy atom. The van der Waals surface area contributed by atoms with Gasteiger partial charge in [0.2, 0.25) is 0 Å². The topological polar surface area (TPSA) is 35.6 Å². The third-order valence-electron chi connectivity index (χ3n) is 10.9. The molecule has 0 aliphatic carbocycles. The van der Waals surface area contributed by atoms with Crippen molar-refractivity contribution in [2.24, 2.45) is 0 Å². The fourth-order valence-electron chi connectivity index (χ4n) is 8.39. The van der Waals surface area contributed by atoms with E-state index in [1.165, 1.54) is 38.1 Å². The van der Waals surface area contributed by atoms with Crippen LogP contribution in [0.5, 0.6) is 0 Å². The molecule has 0 bridgehead atoms. The van der Waals surface area contributed by atoms with E-state index in [0.29, 0.717) is 5.82 Å². The average Bonchev–Trinajstić information content (AvgIpc) is 3.80. The predicted molar refractivity (Wildman–Crippen MR) is 232 cm³/mol. The molecule has 8 aromatic carbocycles. The van der Waals surface area contributed by atoms with Gasteiger partial charge in [-0.05, 0) is 65.7 Å². The lowest BCUT2D eigenvalue weighted by Crippen LogP contribution is -1.98. The summed E-state index contributed by atoms with van der Waals surface area (Å²) in [5.74, 6) is 0.692. The van der Waals surface area contributed by atoms with Gasteiger partial charge in [-0.2, -0.15) is 0 Å². The molecule has 0 N–H and O–H groups in total. The largest absolute Gasteiger partial charge is 0.309 e. The van der Waals surface area contributed by atoms with Gasteiger partial charge in [-0.3, -0.25) is 0 Å². The first-order valence-electron chi connectivity index (χ1n) is 19.0. The number of hydrogen-bond donors (Lipinski definition) is 0. The van der Waals surface area contributed by atoms with Gasteiger partial charge in [0.1, 0.15) is 0 Å². The summed E-state index contributed by atoms with van der Waals surface area (Å²) >= 11 is 0. The SMILES string of the molecule is c1ccc(-c2cccc(-c3nc(-c4ccccc4)cc(-c4cccc(-n5c6ccccc6c6ccc7c(c8ccccc8n7-c7ccccc7)c65)c4)n3)c2)cc1. The van der Waals surface area contributed by atoms with Crippen molar-refractivity contribution in [3.8, 4) is 56.4 Å². The molecular formula is C52H34N4. The summed E-state index contributed by atoms with van der Waals surface area (Å²) in [5.41, 5.74) is 14.0. The zero-order chi connectivity index (χ0) is 37.0. The quantitative estimate of drug-likeness (QED) is 0.172. The van der Waals surface area contributed by atoms with Crippen LogP contribution in [0.1, 0.15) is 0 Å². The molecule has 262 valence electrons. The Hall–Kier alpha value is -7.56. The van der Waals surface area contributed by atoms with Crippen LogP contribution >= 0.6 is 0 Å². The standard InChI is InChI=1S/C52H34N4/c1-4-16-35(17-5-1)37-20-14-22-39(32-37)52-53-45(36-18-6-2-7-19-36)34-46(54-52)38-21-15-25-41(33-38)56-47-28-12-10-26-42(47)43-30-31-49-50(51(43)56)44-27-11-13-29-48(44)55(49)40-23-8-3-9-24-40/h1-34H. The highest BCUT2D eigenvalue weighted by atomic mass is 15.0. The number of hydrogen-bond acceptors (Lipinski definition) is 2. The summed E-state index contributed by atoms with van der Waals surface area (Å²) in [7, 11) is 0. The van der Waals surface area contributed by atoms with E-state index in [1.807, 2.05) is 12.1 Å². The molecule has 11 rings (SSSR count). The first-order chi connectivity index (χ1) is 27.8. The molecule has 0 saturated carbocycles. The van der Waals surface area contributed by atoms with Crippen molar-refractivity contribution in [1.82, 2.24) is 19.1 Å². The second-order valence-electron chi connectivity index (χ2n) is 14.2. The highest BCUT2D eigenvalue weighted by Crippen LogP contribution is 2.42. The molecular weight excluding hydrogens is 681 g/mol. The number of para-hydroxylation sites is 3. The molecule has 0 aliphatic heterocycles. The van der Waals surface area contributed by atoms with E-state index >= 15 is 0 Å². The van der Waals surface area contributed by atoms with E-state index < -0.39 is 0 Å². The van der Waals surface area contributed by atoms with E-state index in [9.17, 15) is 0 Å². The summed E-state index contributed by atoms with van der Waals surface area (Å²) in [6.45, 7) is 0. The zero-order valence-electron chi connectivity index (χ0n) is 30.4. The van der Waals surface area contributed by atoms with Crippen molar-refractivity contribution in [1.29, 1.82) is 0 Å². The molecule has 0 amide bonds. The molecule has 4 nitrogen and oxygen atoms in total. The molecule has 0 aliphatic rings. The Kier molecular flexibility index (Phi) is 7.46. The van der Waals surface area contributed by atoms with Crippen LogP contribution in [-0.2, 0) is 0 Å². The summed E-state index contributed by atoms with van der Waals surface area (Å²) in [5, 5.41) is 4.91. The monoisotopic (exact) mass is 714 g/mol. The number of rotatable bonds is 6. The van der Waals surface area contributed by atoms with Crippen molar-refractivity contribution in [3.05, 3.63) is 206 Å². The minimum atomic E-state index is 0.692. The summed E-state index contributed by atoms with van der Waals surface area (Å²) < 4.78 is 4.84. The van der Waals surface area contributed by atoms with E-state index in [2.05, 4.69) is 203 Å². The lowest BCUT2D eigenvalue weighted by molar-refractivity contribution is 1.16. The van der Waals surface area contributed by atoms with E-state index in [0.717, 1.165) is 56.1 Å². The Labute approximate surface area is 324 Å². The molecule has 56 heavy (non-hydrogen) atoms. The van der Waals surface area contributed by atoms with Gasteiger partial charge in [0.15, 0.2) is 5.82 Å². The second kappa shape index (κ2) is 13.1. The maximum absolute atomic E-state index is 5.29. The molecule has 4 heteroatoms. The lowest BCUT2D eigenvalue weighted by Gasteiger charge is -2.13. The Bertz CT molecular complexity index is 3230. The highest BCUT2D eigenvalue weighted by molar-refractivity contribution is 6.26. The molecule has 11 aromatic rings. The number of benzene rings is 8. The van der Waals surface area contributed by atoms with E-state index in [-0.39, 0.29) is 0 Å². The van der Waals surface area contributed by atoms with Gasteiger partial charge in [0.25, 0.3) is 0 Å². The maximum atomic E-state index is 5.29. The van der Waals surface area contributed by atoms with Crippen LogP contribution in [0.25, 0.3) is 100 Å². The maximum Gasteiger partial charge on any atom is 0.160 e.